The van der Waals surface area contributed by atoms with Crippen LogP contribution in [0.15, 0.2) is 42.5 Å². The van der Waals surface area contributed by atoms with Crippen LogP contribution in [0.25, 0.3) is 0 Å². The fourth-order valence-corrected chi connectivity index (χ4v) is 5.38. The number of ether oxygens (including phenoxy) is 1. The van der Waals surface area contributed by atoms with Gasteiger partial charge in [0.2, 0.25) is 10.0 Å². The molecule has 2 amide bonds. The topological polar surface area (TPSA) is 96.0 Å². The van der Waals surface area contributed by atoms with E-state index >= 15 is 0 Å². The van der Waals surface area contributed by atoms with Crippen molar-refractivity contribution >= 4 is 50.9 Å². The van der Waals surface area contributed by atoms with Gasteiger partial charge in [-0.1, -0.05) is 35.3 Å². The van der Waals surface area contributed by atoms with Gasteiger partial charge in [-0.15, -0.1) is 0 Å². The predicted molar refractivity (Wildman–Crippen MR) is 138 cm³/mol. The van der Waals surface area contributed by atoms with Crippen LogP contribution in [0.5, 0.6) is 0 Å². The molecule has 8 nitrogen and oxygen atoms in total. The highest BCUT2D eigenvalue weighted by molar-refractivity contribution is 7.92. The van der Waals surface area contributed by atoms with E-state index in [1.807, 2.05) is 0 Å². The molecular weight excluding hydrogens is 513 g/mol. The Morgan fingerprint density at radius 3 is 2.51 bits per heavy atom. The molecule has 3 rings (SSSR count). The van der Waals surface area contributed by atoms with Gasteiger partial charge in [0.05, 0.1) is 35.6 Å². The molecule has 1 atom stereocenters. The number of likely N-dealkylation sites (tertiary alicyclic amines) is 1. The second-order valence-electron chi connectivity index (χ2n) is 8.39. The summed E-state index contributed by atoms with van der Waals surface area (Å²) in [5.74, 6) is -0.277. The molecule has 35 heavy (non-hydrogen) atoms. The van der Waals surface area contributed by atoms with Crippen LogP contribution in [-0.4, -0.2) is 57.8 Å². The summed E-state index contributed by atoms with van der Waals surface area (Å²) in [6.45, 7) is 1.06. The molecule has 0 saturated carbocycles. The van der Waals surface area contributed by atoms with E-state index in [2.05, 4.69) is 5.32 Å². The molecule has 1 aliphatic rings. The van der Waals surface area contributed by atoms with Crippen molar-refractivity contribution in [2.45, 2.75) is 38.3 Å². The van der Waals surface area contributed by atoms with Gasteiger partial charge in [-0.05, 0) is 61.6 Å². The fraction of sp³-hybridized carbons (Fsp3) is 0.417. The fourth-order valence-electron chi connectivity index (χ4n) is 4.12. The molecule has 0 aliphatic carbocycles. The molecule has 2 aromatic rings. The number of sulfonamides is 1. The zero-order chi connectivity index (χ0) is 25.6. The summed E-state index contributed by atoms with van der Waals surface area (Å²) >= 11 is 12.3. The molecule has 190 valence electrons. The van der Waals surface area contributed by atoms with Crippen molar-refractivity contribution in [2.75, 3.05) is 30.8 Å². The van der Waals surface area contributed by atoms with E-state index in [9.17, 15) is 18.0 Å². The van der Waals surface area contributed by atoms with Crippen molar-refractivity contribution in [3.8, 4) is 0 Å². The number of anilines is 1. The molecular formula is C24H29Cl2N3O5S. The highest BCUT2D eigenvalue weighted by atomic mass is 35.5. The molecule has 1 aliphatic heterocycles. The molecule has 0 spiro atoms. The minimum absolute atomic E-state index is 0.00184. The van der Waals surface area contributed by atoms with Gasteiger partial charge in [0.15, 0.2) is 0 Å². The van der Waals surface area contributed by atoms with Crippen molar-refractivity contribution in [1.29, 1.82) is 0 Å². The third kappa shape index (κ3) is 7.02. The van der Waals surface area contributed by atoms with Gasteiger partial charge in [0.1, 0.15) is 0 Å². The SMILES string of the molecule is COC(=O)N1CCCCC1CCNC(=O)c1ccc(N(Cc2cccc(Cl)c2Cl)S(C)(=O)=O)cc1. The number of hydrogen-bond acceptors (Lipinski definition) is 5. The van der Waals surface area contributed by atoms with Crippen LogP contribution in [0, 0.1) is 0 Å². The first kappa shape index (κ1) is 27.1. The molecule has 1 unspecified atom stereocenters. The maximum Gasteiger partial charge on any atom is 0.409 e. The highest BCUT2D eigenvalue weighted by Crippen LogP contribution is 2.29. The number of rotatable bonds is 8. The zero-order valence-electron chi connectivity index (χ0n) is 19.7. The Bertz CT molecular complexity index is 1160. The lowest BCUT2D eigenvalue weighted by molar-refractivity contribution is 0.0852. The summed E-state index contributed by atoms with van der Waals surface area (Å²) in [6, 6.07) is 11.4. The Morgan fingerprint density at radius 2 is 1.86 bits per heavy atom. The number of benzene rings is 2. The average Bonchev–Trinajstić information content (AvgIpc) is 2.84. The number of carbonyl (C=O) groups is 2. The Hall–Kier alpha value is -2.49. The molecule has 1 fully saturated rings. The van der Waals surface area contributed by atoms with Gasteiger partial charge in [-0.25, -0.2) is 13.2 Å². The van der Waals surface area contributed by atoms with E-state index in [-0.39, 0.29) is 24.6 Å². The molecule has 1 saturated heterocycles. The van der Waals surface area contributed by atoms with Crippen molar-refractivity contribution in [2.24, 2.45) is 0 Å². The second-order valence-corrected chi connectivity index (χ2v) is 11.1. The molecule has 0 radical (unpaired) electrons. The standard InChI is InChI=1S/C24H29Cl2N3O5S/c1-34-24(31)28-15-4-3-7-19(28)13-14-27-23(30)17-9-11-20(12-10-17)29(35(2,32)33)16-18-6-5-8-21(25)22(18)26/h5-6,8-12,19H,3-4,7,13-16H2,1-2H3,(H,27,30). The van der Waals surface area contributed by atoms with Gasteiger partial charge in [0.25, 0.3) is 5.91 Å². The van der Waals surface area contributed by atoms with Crippen LogP contribution in [0.2, 0.25) is 10.0 Å². The van der Waals surface area contributed by atoms with Crippen LogP contribution < -0.4 is 9.62 Å². The van der Waals surface area contributed by atoms with Gasteiger partial charge in [-0.2, -0.15) is 0 Å². The number of amides is 2. The molecule has 1 heterocycles. The lowest BCUT2D eigenvalue weighted by Gasteiger charge is -2.34. The molecule has 2 aromatic carbocycles. The van der Waals surface area contributed by atoms with Gasteiger partial charge in [0, 0.05) is 24.7 Å². The first-order valence-corrected chi connectivity index (χ1v) is 13.9. The van der Waals surface area contributed by atoms with Gasteiger partial charge < -0.3 is 15.0 Å². The second kappa shape index (κ2) is 12.0. The predicted octanol–water partition coefficient (Wildman–Crippen LogP) is 4.70. The number of nitrogens with one attached hydrogen (secondary N) is 1. The summed E-state index contributed by atoms with van der Waals surface area (Å²) in [4.78, 5) is 26.3. The Balaban J connectivity index is 1.64. The molecule has 0 bridgehead atoms. The Morgan fingerprint density at radius 1 is 1.14 bits per heavy atom. The summed E-state index contributed by atoms with van der Waals surface area (Å²) in [6.07, 6.45) is 4.24. The minimum Gasteiger partial charge on any atom is -0.453 e. The first-order chi connectivity index (χ1) is 16.6. The molecule has 1 N–H and O–H groups in total. The van der Waals surface area contributed by atoms with E-state index in [1.165, 1.54) is 11.4 Å². The minimum atomic E-state index is -3.63. The maximum atomic E-state index is 12.6. The zero-order valence-corrected chi connectivity index (χ0v) is 22.0. The Labute approximate surface area is 216 Å². The summed E-state index contributed by atoms with van der Waals surface area (Å²) < 4.78 is 31.0. The van der Waals surface area contributed by atoms with Gasteiger partial charge >= 0.3 is 6.09 Å². The van der Waals surface area contributed by atoms with Crippen molar-refractivity contribution in [3.05, 3.63) is 63.6 Å². The van der Waals surface area contributed by atoms with E-state index in [4.69, 9.17) is 27.9 Å². The van der Waals surface area contributed by atoms with E-state index in [0.29, 0.717) is 46.4 Å². The van der Waals surface area contributed by atoms with Crippen LogP contribution in [0.3, 0.4) is 0 Å². The third-order valence-electron chi connectivity index (χ3n) is 5.96. The number of methoxy groups -OCH3 is 1. The first-order valence-electron chi connectivity index (χ1n) is 11.2. The van der Waals surface area contributed by atoms with E-state index < -0.39 is 10.0 Å². The number of halogens is 2. The Kier molecular flexibility index (Phi) is 9.27. The van der Waals surface area contributed by atoms with Crippen molar-refractivity contribution in [3.63, 3.8) is 0 Å². The van der Waals surface area contributed by atoms with Crippen LogP contribution in [-0.2, 0) is 21.3 Å². The average molecular weight is 542 g/mol. The smallest absolute Gasteiger partial charge is 0.409 e. The number of nitrogens with zero attached hydrogens (tertiary/aromatic N) is 2. The maximum absolute atomic E-state index is 12.6. The summed E-state index contributed by atoms with van der Waals surface area (Å²) in [7, 11) is -2.26. The van der Waals surface area contributed by atoms with Crippen molar-refractivity contribution < 1.29 is 22.7 Å². The largest absolute Gasteiger partial charge is 0.453 e. The lowest BCUT2D eigenvalue weighted by atomic mass is 10.00. The number of hydrogen-bond donors (Lipinski definition) is 1. The normalized spacial score (nSPS) is 16.0. The monoisotopic (exact) mass is 541 g/mol. The van der Waals surface area contributed by atoms with E-state index in [1.54, 1.807) is 47.4 Å². The highest BCUT2D eigenvalue weighted by Gasteiger charge is 2.27. The van der Waals surface area contributed by atoms with E-state index in [0.717, 1.165) is 25.5 Å². The third-order valence-corrected chi connectivity index (χ3v) is 7.96. The number of carbonyl (C=O) groups excluding carboxylic acids is 2. The lowest BCUT2D eigenvalue weighted by Crippen LogP contribution is -2.45. The summed E-state index contributed by atoms with van der Waals surface area (Å²) in [5, 5.41) is 3.51. The van der Waals surface area contributed by atoms with Crippen LogP contribution in [0.1, 0.15) is 41.6 Å². The van der Waals surface area contributed by atoms with Crippen LogP contribution in [0.4, 0.5) is 10.5 Å². The number of piperidine rings is 1. The molecule has 11 heteroatoms. The summed E-state index contributed by atoms with van der Waals surface area (Å²) in [5.41, 5.74) is 1.36. The van der Waals surface area contributed by atoms with Gasteiger partial charge in [-0.3, -0.25) is 9.10 Å². The quantitative estimate of drug-likeness (QED) is 0.522. The van der Waals surface area contributed by atoms with Crippen molar-refractivity contribution in [1.82, 2.24) is 10.2 Å². The molecule has 0 aromatic heterocycles. The van der Waals surface area contributed by atoms with Crippen LogP contribution >= 0.6 is 23.2 Å².